The summed E-state index contributed by atoms with van der Waals surface area (Å²) >= 11 is 0. The van der Waals surface area contributed by atoms with Crippen LogP contribution in [0.1, 0.15) is 5.56 Å². The first kappa shape index (κ1) is 12.8. The molecule has 0 atom stereocenters. The van der Waals surface area contributed by atoms with E-state index in [2.05, 4.69) is 51.0 Å². The summed E-state index contributed by atoms with van der Waals surface area (Å²) in [5.41, 5.74) is 3.39. The number of para-hydroxylation sites is 1. The van der Waals surface area contributed by atoms with E-state index < -0.39 is 0 Å². The van der Waals surface area contributed by atoms with Crippen LogP contribution in [0.25, 0.3) is 0 Å². The summed E-state index contributed by atoms with van der Waals surface area (Å²) in [5.74, 6) is 1.95. The SMILES string of the molecule is Cc1cccnc1N1CN(c2ccccc2)c2ncccc21. The fourth-order valence-electron chi connectivity index (χ4n) is 2.84. The molecule has 4 rings (SSSR count). The van der Waals surface area contributed by atoms with Crippen molar-refractivity contribution in [1.82, 2.24) is 9.97 Å². The van der Waals surface area contributed by atoms with E-state index in [4.69, 9.17) is 0 Å². The van der Waals surface area contributed by atoms with Gasteiger partial charge in [-0.25, -0.2) is 9.97 Å². The zero-order valence-corrected chi connectivity index (χ0v) is 12.3. The number of aryl methyl sites for hydroxylation is 1. The number of rotatable bonds is 2. The van der Waals surface area contributed by atoms with Crippen LogP contribution in [0, 0.1) is 6.92 Å². The van der Waals surface area contributed by atoms with Crippen molar-refractivity contribution in [2.24, 2.45) is 0 Å². The van der Waals surface area contributed by atoms with Gasteiger partial charge in [0.1, 0.15) is 12.5 Å². The van der Waals surface area contributed by atoms with Crippen LogP contribution in [0.5, 0.6) is 0 Å². The smallest absolute Gasteiger partial charge is 0.158 e. The van der Waals surface area contributed by atoms with E-state index in [1.54, 1.807) is 0 Å². The first-order valence-corrected chi connectivity index (χ1v) is 7.31. The van der Waals surface area contributed by atoms with Crippen molar-refractivity contribution in [3.05, 3.63) is 72.6 Å². The molecule has 0 spiro atoms. The van der Waals surface area contributed by atoms with Gasteiger partial charge < -0.3 is 9.80 Å². The van der Waals surface area contributed by atoms with Crippen molar-refractivity contribution >= 4 is 23.0 Å². The molecule has 0 saturated heterocycles. The zero-order valence-electron chi connectivity index (χ0n) is 12.3. The van der Waals surface area contributed by atoms with Crippen LogP contribution in [0.3, 0.4) is 0 Å². The highest BCUT2D eigenvalue weighted by atomic mass is 15.4. The molecule has 1 aliphatic heterocycles. The fourth-order valence-corrected chi connectivity index (χ4v) is 2.84. The maximum Gasteiger partial charge on any atom is 0.158 e. The minimum Gasteiger partial charge on any atom is -0.306 e. The lowest BCUT2D eigenvalue weighted by atomic mass is 10.2. The van der Waals surface area contributed by atoms with Crippen molar-refractivity contribution in [2.45, 2.75) is 6.92 Å². The summed E-state index contributed by atoms with van der Waals surface area (Å²) < 4.78 is 0. The molecule has 0 fully saturated rings. The number of hydrogen-bond donors (Lipinski definition) is 0. The molecule has 0 unspecified atom stereocenters. The van der Waals surface area contributed by atoms with Crippen LogP contribution in [-0.2, 0) is 0 Å². The van der Waals surface area contributed by atoms with Crippen molar-refractivity contribution < 1.29 is 0 Å². The first-order chi connectivity index (χ1) is 10.8. The summed E-state index contributed by atoms with van der Waals surface area (Å²) in [5, 5.41) is 0. The van der Waals surface area contributed by atoms with Crippen LogP contribution >= 0.6 is 0 Å². The fraction of sp³-hybridized carbons (Fsp3) is 0.111. The monoisotopic (exact) mass is 288 g/mol. The third-order valence-corrected chi connectivity index (χ3v) is 3.90. The second kappa shape index (κ2) is 5.15. The van der Waals surface area contributed by atoms with Gasteiger partial charge in [0.25, 0.3) is 0 Å². The molecule has 108 valence electrons. The Morgan fingerprint density at radius 1 is 0.773 bits per heavy atom. The van der Waals surface area contributed by atoms with Gasteiger partial charge >= 0.3 is 0 Å². The van der Waals surface area contributed by atoms with E-state index >= 15 is 0 Å². The number of aromatic nitrogens is 2. The standard InChI is InChI=1S/C18H16N4/c1-14-7-5-11-19-17(14)22-13-21(15-8-3-2-4-9-15)18-16(22)10-6-12-20-18/h2-12H,13H2,1H3. The lowest BCUT2D eigenvalue weighted by Gasteiger charge is -2.21. The lowest BCUT2D eigenvalue weighted by molar-refractivity contribution is 0.954. The Hall–Kier alpha value is -2.88. The van der Waals surface area contributed by atoms with Gasteiger partial charge in [0, 0.05) is 18.1 Å². The molecule has 1 aliphatic rings. The molecular weight excluding hydrogens is 272 g/mol. The number of fused-ring (bicyclic) bond motifs is 1. The van der Waals surface area contributed by atoms with Gasteiger partial charge in [-0.1, -0.05) is 24.3 Å². The molecule has 3 aromatic rings. The highest BCUT2D eigenvalue weighted by Crippen LogP contribution is 2.42. The Balaban J connectivity index is 1.83. The molecule has 0 radical (unpaired) electrons. The van der Waals surface area contributed by atoms with Crippen molar-refractivity contribution in [2.75, 3.05) is 16.5 Å². The van der Waals surface area contributed by atoms with Gasteiger partial charge in [0.05, 0.1) is 5.69 Å². The molecule has 0 bridgehead atoms. The van der Waals surface area contributed by atoms with Crippen LogP contribution < -0.4 is 9.80 Å². The number of hydrogen-bond acceptors (Lipinski definition) is 4. The largest absolute Gasteiger partial charge is 0.306 e. The Kier molecular flexibility index (Phi) is 3.00. The normalized spacial score (nSPS) is 13.3. The van der Waals surface area contributed by atoms with Gasteiger partial charge in [-0.3, -0.25) is 0 Å². The molecule has 0 aliphatic carbocycles. The van der Waals surface area contributed by atoms with Crippen LogP contribution in [0.2, 0.25) is 0 Å². The van der Waals surface area contributed by atoms with Crippen LogP contribution in [0.15, 0.2) is 67.0 Å². The summed E-state index contributed by atoms with van der Waals surface area (Å²) in [6, 6.07) is 18.5. The second-order valence-electron chi connectivity index (χ2n) is 5.32. The quantitative estimate of drug-likeness (QED) is 0.712. The van der Waals surface area contributed by atoms with E-state index in [9.17, 15) is 0 Å². The summed E-state index contributed by atoms with van der Waals surface area (Å²) in [7, 11) is 0. The summed E-state index contributed by atoms with van der Waals surface area (Å²) in [6.07, 6.45) is 3.67. The Labute approximate surface area is 129 Å². The summed E-state index contributed by atoms with van der Waals surface area (Å²) in [6.45, 7) is 2.80. The van der Waals surface area contributed by atoms with E-state index in [1.165, 1.54) is 0 Å². The van der Waals surface area contributed by atoms with Gasteiger partial charge in [-0.05, 0) is 42.8 Å². The van der Waals surface area contributed by atoms with Gasteiger partial charge in [-0.2, -0.15) is 0 Å². The van der Waals surface area contributed by atoms with Gasteiger partial charge in [0.2, 0.25) is 0 Å². The molecule has 0 saturated carbocycles. The topological polar surface area (TPSA) is 32.3 Å². The molecule has 3 heterocycles. The minimum absolute atomic E-state index is 0.716. The van der Waals surface area contributed by atoms with E-state index in [0.717, 1.165) is 28.6 Å². The van der Waals surface area contributed by atoms with Crippen LogP contribution in [-0.4, -0.2) is 16.6 Å². The van der Waals surface area contributed by atoms with Gasteiger partial charge in [-0.15, -0.1) is 0 Å². The zero-order chi connectivity index (χ0) is 14.9. The number of anilines is 4. The van der Waals surface area contributed by atoms with Crippen molar-refractivity contribution in [1.29, 1.82) is 0 Å². The molecule has 4 heteroatoms. The molecule has 1 aromatic carbocycles. The Bertz CT molecular complexity index is 801. The van der Waals surface area contributed by atoms with Crippen LogP contribution in [0.4, 0.5) is 23.0 Å². The minimum atomic E-state index is 0.716. The predicted molar refractivity (Wildman–Crippen MR) is 88.8 cm³/mol. The molecule has 0 amide bonds. The van der Waals surface area contributed by atoms with E-state index in [1.807, 2.05) is 42.7 Å². The van der Waals surface area contributed by atoms with E-state index in [0.29, 0.717) is 6.67 Å². The molecule has 2 aromatic heterocycles. The third kappa shape index (κ3) is 2.00. The predicted octanol–water partition coefficient (Wildman–Crippen LogP) is 4.03. The van der Waals surface area contributed by atoms with Gasteiger partial charge in [0.15, 0.2) is 5.82 Å². The number of pyridine rings is 2. The highest BCUT2D eigenvalue weighted by Gasteiger charge is 2.30. The molecule has 22 heavy (non-hydrogen) atoms. The third-order valence-electron chi connectivity index (χ3n) is 3.90. The van der Waals surface area contributed by atoms with Crippen molar-refractivity contribution in [3.8, 4) is 0 Å². The first-order valence-electron chi connectivity index (χ1n) is 7.31. The molecule has 0 N–H and O–H groups in total. The Morgan fingerprint density at radius 2 is 1.50 bits per heavy atom. The highest BCUT2D eigenvalue weighted by molar-refractivity contribution is 5.83. The molecule has 4 nitrogen and oxygen atoms in total. The number of benzene rings is 1. The lowest BCUT2D eigenvalue weighted by Crippen LogP contribution is -2.25. The number of nitrogens with zero attached hydrogens (tertiary/aromatic N) is 4. The maximum absolute atomic E-state index is 4.58. The van der Waals surface area contributed by atoms with E-state index in [-0.39, 0.29) is 0 Å². The Morgan fingerprint density at radius 3 is 2.27 bits per heavy atom. The molecular formula is C18H16N4. The maximum atomic E-state index is 4.58. The van der Waals surface area contributed by atoms with Crippen molar-refractivity contribution in [3.63, 3.8) is 0 Å². The average Bonchev–Trinajstić information content (AvgIpc) is 2.96. The second-order valence-corrected chi connectivity index (χ2v) is 5.32. The summed E-state index contributed by atoms with van der Waals surface area (Å²) in [4.78, 5) is 13.6. The average molecular weight is 288 g/mol.